The molecular weight excluding hydrogens is 447 g/mol. The van der Waals surface area contributed by atoms with Crippen molar-refractivity contribution in [1.29, 1.82) is 0 Å². The number of carbonyl (C=O) groups is 2. The summed E-state index contributed by atoms with van der Waals surface area (Å²) >= 11 is 12.4. The Morgan fingerprint density at radius 1 is 1.12 bits per heavy atom. The fourth-order valence-corrected chi connectivity index (χ4v) is 3.78. The molecule has 0 aliphatic carbocycles. The molecule has 7 heteroatoms. The lowest BCUT2D eigenvalue weighted by Crippen LogP contribution is -2.54. The zero-order valence-electron chi connectivity index (χ0n) is 19.6. The predicted octanol–water partition coefficient (Wildman–Crippen LogP) is 5.71. The van der Waals surface area contributed by atoms with Crippen LogP contribution in [0, 0.1) is 13.8 Å². The number of ether oxygens (including phenoxy) is 1. The fourth-order valence-electron chi connectivity index (χ4n) is 3.31. The average molecular weight is 479 g/mol. The summed E-state index contributed by atoms with van der Waals surface area (Å²) in [4.78, 5) is 27.9. The Balaban J connectivity index is 2.31. The van der Waals surface area contributed by atoms with Crippen molar-refractivity contribution in [3.63, 3.8) is 0 Å². The van der Waals surface area contributed by atoms with E-state index >= 15 is 0 Å². The zero-order chi connectivity index (χ0) is 24.1. The number of nitrogens with one attached hydrogen (secondary N) is 1. The van der Waals surface area contributed by atoms with E-state index in [0.717, 1.165) is 11.1 Å². The standard InChI is InChI=1S/C25H32Cl2N2O3/c1-7-21(24(31)28-25(4,5)6)29(14-18-11-12-19(26)13-20(18)27)23(30)15-32-22-10-8-9-16(2)17(22)3/h8-13,21H,7,14-15H2,1-6H3,(H,28,31)/t21-/m1/s1. The van der Waals surface area contributed by atoms with E-state index in [1.54, 1.807) is 18.2 Å². The number of benzene rings is 2. The van der Waals surface area contributed by atoms with Crippen LogP contribution in [0.5, 0.6) is 5.75 Å². The third-order valence-electron chi connectivity index (χ3n) is 5.15. The summed E-state index contributed by atoms with van der Waals surface area (Å²) in [5.41, 5.74) is 2.34. The van der Waals surface area contributed by atoms with E-state index in [-0.39, 0.29) is 25.0 Å². The fraction of sp³-hybridized carbons (Fsp3) is 0.440. The Bertz CT molecular complexity index is 970. The van der Waals surface area contributed by atoms with Crippen LogP contribution >= 0.6 is 23.2 Å². The molecule has 5 nitrogen and oxygen atoms in total. The molecule has 1 N–H and O–H groups in total. The van der Waals surface area contributed by atoms with E-state index < -0.39 is 11.6 Å². The Morgan fingerprint density at radius 3 is 2.41 bits per heavy atom. The second-order valence-corrected chi connectivity index (χ2v) is 9.75. The molecule has 2 aromatic carbocycles. The van der Waals surface area contributed by atoms with E-state index in [1.165, 1.54) is 4.90 Å². The lowest BCUT2D eigenvalue weighted by atomic mass is 10.1. The molecule has 0 heterocycles. The molecule has 32 heavy (non-hydrogen) atoms. The van der Waals surface area contributed by atoms with Crippen molar-refractivity contribution >= 4 is 35.0 Å². The van der Waals surface area contributed by atoms with Gasteiger partial charge in [-0.3, -0.25) is 9.59 Å². The van der Waals surface area contributed by atoms with Crippen molar-refractivity contribution < 1.29 is 14.3 Å². The number of hydrogen-bond acceptors (Lipinski definition) is 3. The largest absolute Gasteiger partial charge is 0.483 e. The molecule has 0 bridgehead atoms. The van der Waals surface area contributed by atoms with Gasteiger partial charge in [0.1, 0.15) is 11.8 Å². The first-order valence-electron chi connectivity index (χ1n) is 10.7. The van der Waals surface area contributed by atoms with Crippen LogP contribution in [-0.2, 0) is 16.1 Å². The van der Waals surface area contributed by atoms with E-state index in [4.69, 9.17) is 27.9 Å². The number of carbonyl (C=O) groups excluding carboxylic acids is 2. The van der Waals surface area contributed by atoms with E-state index in [1.807, 2.05) is 59.7 Å². The van der Waals surface area contributed by atoms with Crippen LogP contribution in [0.1, 0.15) is 50.8 Å². The minimum Gasteiger partial charge on any atom is -0.483 e. The second-order valence-electron chi connectivity index (χ2n) is 8.91. The van der Waals surface area contributed by atoms with E-state index in [9.17, 15) is 9.59 Å². The minimum absolute atomic E-state index is 0.168. The van der Waals surface area contributed by atoms with Gasteiger partial charge in [0.2, 0.25) is 5.91 Å². The molecule has 1 atom stereocenters. The van der Waals surface area contributed by atoms with Crippen molar-refractivity contribution in [3.8, 4) is 5.75 Å². The van der Waals surface area contributed by atoms with Crippen LogP contribution in [-0.4, -0.2) is 34.9 Å². The van der Waals surface area contributed by atoms with Gasteiger partial charge in [0, 0.05) is 22.1 Å². The Kier molecular flexibility index (Phi) is 8.99. The summed E-state index contributed by atoms with van der Waals surface area (Å²) in [6.45, 7) is 11.5. The van der Waals surface area contributed by atoms with Gasteiger partial charge in [-0.1, -0.05) is 48.3 Å². The van der Waals surface area contributed by atoms with Crippen LogP contribution in [0.15, 0.2) is 36.4 Å². The number of halogens is 2. The normalized spacial score (nSPS) is 12.2. The summed E-state index contributed by atoms with van der Waals surface area (Å²) < 4.78 is 5.85. The van der Waals surface area contributed by atoms with Crippen molar-refractivity contribution in [2.24, 2.45) is 0 Å². The van der Waals surface area contributed by atoms with Gasteiger partial charge in [0.15, 0.2) is 6.61 Å². The van der Waals surface area contributed by atoms with Gasteiger partial charge < -0.3 is 15.0 Å². The van der Waals surface area contributed by atoms with Crippen molar-refractivity contribution in [2.45, 2.75) is 66.1 Å². The maximum Gasteiger partial charge on any atom is 0.261 e. The highest BCUT2D eigenvalue weighted by molar-refractivity contribution is 6.35. The minimum atomic E-state index is -0.671. The molecule has 0 saturated heterocycles. The van der Waals surface area contributed by atoms with E-state index in [2.05, 4.69) is 5.32 Å². The lowest BCUT2D eigenvalue weighted by Gasteiger charge is -2.33. The van der Waals surface area contributed by atoms with E-state index in [0.29, 0.717) is 27.8 Å². The Labute approximate surface area is 201 Å². The smallest absolute Gasteiger partial charge is 0.261 e. The third kappa shape index (κ3) is 7.14. The molecule has 0 fully saturated rings. The molecule has 0 radical (unpaired) electrons. The molecule has 2 aromatic rings. The van der Waals surface area contributed by atoms with Gasteiger partial charge >= 0.3 is 0 Å². The number of aryl methyl sites for hydroxylation is 1. The number of rotatable bonds is 8. The molecule has 2 rings (SSSR count). The van der Waals surface area contributed by atoms with Gasteiger partial charge in [-0.2, -0.15) is 0 Å². The van der Waals surface area contributed by atoms with Crippen LogP contribution in [0.3, 0.4) is 0 Å². The SMILES string of the molecule is CC[C@H](C(=O)NC(C)(C)C)N(Cc1ccc(Cl)cc1Cl)C(=O)COc1cccc(C)c1C. The number of hydrogen-bond donors (Lipinski definition) is 1. The molecule has 0 aliphatic heterocycles. The topological polar surface area (TPSA) is 58.6 Å². The van der Waals surface area contributed by atoms with Gasteiger partial charge in [0.25, 0.3) is 5.91 Å². The molecule has 0 spiro atoms. The summed E-state index contributed by atoms with van der Waals surface area (Å²) in [5, 5.41) is 3.93. The first-order valence-corrected chi connectivity index (χ1v) is 11.4. The molecule has 0 saturated carbocycles. The lowest BCUT2D eigenvalue weighted by molar-refractivity contribution is -0.143. The van der Waals surface area contributed by atoms with Gasteiger partial charge in [-0.25, -0.2) is 0 Å². The summed E-state index contributed by atoms with van der Waals surface area (Å²) in [6.07, 6.45) is 0.447. The van der Waals surface area contributed by atoms with Crippen LogP contribution in [0.4, 0.5) is 0 Å². The highest BCUT2D eigenvalue weighted by atomic mass is 35.5. The number of nitrogens with zero attached hydrogens (tertiary/aromatic N) is 1. The molecule has 0 unspecified atom stereocenters. The second kappa shape index (κ2) is 11.1. The van der Waals surface area contributed by atoms with Crippen molar-refractivity contribution in [3.05, 3.63) is 63.1 Å². The maximum atomic E-state index is 13.3. The molecule has 174 valence electrons. The van der Waals surface area contributed by atoms with Gasteiger partial charge in [0.05, 0.1) is 0 Å². The first kappa shape index (κ1) is 26.0. The molecule has 2 amide bonds. The highest BCUT2D eigenvalue weighted by Crippen LogP contribution is 2.25. The average Bonchev–Trinajstić information content (AvgIpc) is 2.69. The third-order valence-corrected chi connectivity index (χ3v) is 5.73. The summed E-state index contributed by atoms with van der Waals surface area (Å²) in [6, 6.07) is 10.2. The van der Waals surface area contributed by atoms with Crippen LogP contribution in [0.25, 0.3) is 0 Å². The monoisotopic (exact) mass is 478 g/mol. The van der Waals surface area contributed by atoms with Crippen molar-refractivity contribution in [2.75, 3.05) is 6.61 Å². The quantitative estimate of drug-likeness (QED) is 0.528. The summed E-state index contributed by atoms with van der Waals surface area (Å²) in [7, 11) is 0. The molecule has 0 aromatic heterocycles. The number of amides is 2. The van der Waals surface area contributed by atoms with Crippen LogP contribution < -0.4 is 10.1 Å². The Hall–Kier alpha value is -2.24. The zero-order valence-corrected chi connectivity index (χ0v) is 21.1. The Morgan fingerprint density at radius 2 is 1.81 bits per heavy atom. The van der Waals surface area contributed by atoms with Crippen LogP contribution in [0.2, 0.25) is 10.0 Å². The maximum absolute atomic E-state index is 13.3. The van der Waals surface area contributed by atoms with Crippen molar-refractivity contribution in [1.82, 2.24) is 10.2 Å². The molecular formula is C25H32Cl2N2O3. The predicted molar refractivity (Wildman–Crippen MR) is 130 cm³/mol. The van der Waals surface area contributed by atoms with Gasteiger partial charge in [-0.05, 0) is 75.9 Å². The molecule has 0 aliphatic rings. The highest BCUT2D eigenvalue weighted by Gasteiger charge is 2.31. The summed E-state index contributed by atoms with van der Waals surface area (Å²) in [5.74, 6) is 0.132. The van der Waals surface area contributed by atoms with Gasteiger partial charge in [-0.15, -0.1) is 0 Å². The first-order chi connectivity index (χ1) is 14.9.